The normalized spacial score (nSPS) is 13.3. The molecule has 2 N–H and O–H groups in total. The van der Waals surface area contributed by atoms with Crippen LogP contribution in [0.25, 0.3) is 0 Å². The maximum absolute atomic E-state index is 12.0. The quantitative estimate of drug-likeness (QED) is 0.750. The molecule has 1 rings (SSSR count). The SMILES string of the molecule is COCC(NC(=O)C(C)Cc1ccc(OC)cc1)C(=O)O. The Morgan fingerprint density at radius 1 is 1.24 bits per heavy atom. The lowest BCUT2D eigenvalue weighted by Crippen LogP contribution is -2.46. The Morgan fingerprint density at radius 3 is 2.33 bits per heavy atom. The molecular formula is C15H21NO5. The van der Waals surface area contributed by atoms with E-state index < -0.39 is 12.0 Å². The molecule has 0 fully saturated rings. The first-order valence-electron chi connectivity index (χ1n) is 6.63. The van der Waals surface area contributed by atoms with E-state index in [9.17, 15) is 9.59 Å². The Hall–Kier alpha value is -2.08. The Kier molecular flexibility index (Phi) is 6.68. The third-order valence-electron chi connectivity index (χ3n) is 3.10. The zero-order valence-electron chi connectivity index (χ0n) is 12.5. The molecule has 1 aromatic rings. The Labute approximate surface area is 124 Å². The molecule has 2 atom stereocenters. The van der Waals surface area contributed by atoms with E-state index in [2.05, 4.69) is 5.32 Å². The molecule has 0 bridgehead atoms. The number of amides is 1. The van der Waals surface area contributed by atoms with Crippen molar-refractivity contribution in [3.05, 3.63) is 29.8 Å². The average Bonchev–Trinajstić information content (AvgIpc) is 2.47. The van der Waals surface area contributed by atoms with Crippen LogP contribution in [0.4, 0.5) is 0 Å². The number of ether oxygens (including phenoxy) is 2. The summed E-state index contributed by atoms with van der Waals surface area (Å²) in [5.74, 6) is -1.00. The number of hydrogen-bond acceptors (Lipinski definition) is 4. The largest absolute Gasteiger partial charge is 0.497 e. The van der Waals surface area contributed by atoms with Crippen LogP contribution >= 0.6 is 0 Å². The second kappa shape index (κ2) is 8.26. The van der Waals surface area contributed by atoms with E-state index in [1.54, 1.807) is 14.0 Å². The van der Waals surface area contributed by atoms with Crippen molar-refractivity contribution in [3.63, 3.8) is 0 Å². The van der Waals surface area contributed by atoms with Crippen LogP contribution in [0, 0.1) is 5.92 Å². The van der Waals surface area contributed by atoms with Crippen LogP contribution in [-0.4, -0.2) is 43.9 Å². The number of rotatable bonds is 8. The monoisotopic (exact) mass is 295 g/mol. The molecule has 0 heterocycles. The molecule has 0 radical (unpaired) electrons. The molecule has 21 heavy (non-hydrogen) atoms. The summed E-state index contributed by atoms with van der Waals surface area (Å²) in [5.41, 5.74) is 0.983. The fourth-order valence-corrected chi connectivity index (χ4v) is 1.86. The molecule has 0 aliphatic rings. The maximum Gasteiger partial charge on any atom is 0.328 e. The molecule has 116 valence electrons. The smallest absolute Gasteiger partial charge is 0.328 e. The van der Waals surface area contributed by atoms with Crippen LogP contribution in [0.15, 0.2) is 24.3 Å². The third-order valence-corrected chi connectivity index (χ3v) is 3.10. The van der Waals surface area contributed by atoms with E-state index in [4.69, 9.17) is 14.6 Å². The second-order valence-corrected chi connectivity index (χ2v) is 4.81. The van der Waals surface area contributed by atoms with Gasteiger partial charge in [-0.3, -0.25) is 4.79 Å². The summed E-state index contributed by atoms with van der Waals surface area (Å²) < 4.78 is 9.85. The van der Waals surface area contributed by atoms with E-state index >= 15 is 0 Å². The van der Waals surface area contributed by atoms with Gasteiger partial charge in [0.1, 0.15) is 5.75 Å². The van der Waals surface area contributed by atoms with E-state index in [0.29, 0.717) is 6.42 Å². The molecule has 1 amide bonds. The lowest BCUT2D eigenvalue weighted by atomic mass is 10.00. The molecule has 0 aromatic heterocycles. The Bertz CT molecular complexity index is 471. The second-order valence-electron chi connectivity index (χ2n) is 4.81. The molecule has 6 nitrogen and oxygen atoms in total. The highest BCUT2D eigenvalue weighted by molar-refractivity contribution is 5.85. The predicted octanol–water partition coefficient (Wildman–Crippen LogP) is 1.09. The molecule has 0 aliphatic heterocycles. The Balaban J connectivity index is 2.58. The number of methoxy groups -OCH3 is 2. The number of aliphatic carboxylic acids is 1. The van der Waals surface area contributed by atoms with Crippen molar-refractivity contribution in [2.24, 2.45) is 5.92 Å². The predicted molar refractivity (Wildman–Crippen MR) is 77.3 cm³/mol. The van der Waals surface area contributed by atoms with Crippen LogP contribution in [0.5, 0.6) is 5.75 Å². The summed E-state index contributed by atoms with van der Waals surface area (Å²) in [4.78, 5) is 23.0. The third kappa shape index (κ3) is 5.43. The summed E-state index contributed by atoms with van der Waals surface area (Å²) >= 11 is 0. The van der Waals surface area contributed by atoms with Gasteiger partial charge >= 0.3 is 5.97 Å². The number of hydrogen-bond donors (Lipinski definition) is 2. The van der Waals surface area contributed by atoms with E-state index in [-0.39, 0.29) is 18.4 Å². The van der Waals surface area contributed by atoms with Crippen molar-refractivity contribution in [2.45, 2.75) is 19.4 Å². The summed E-state index contributed by atoms with van der Waals surface area (Å²) in [6, 6.07) is 6.38. The van der Waals surface area contributed by atoms with Crippen molar-refractivity contribution in [3.8, 4) is 5.75 Å². The first-order valence-corrected chi connectivity index (χ1v) is 6.63. The fraction of sp³-hybridized carbons (Fsp3) is 0.467. The lowest BCUT2D eigenvalue weighted by molar-refractivity contribution is -0.143. The molecule has 0 saturated heterocycles. The van der Waals surface area contributed by atoms with Crippen molar-refractivity contribution in [1.82, 2.24) is 5.32 Å². The van der Waals surface area contributed by atoms with Gasteiger partial charge in [-0.1, -0.05) is 19.1 Å². The van der Waals surface area contributed by atoms with Gasteiger partial charge in [0, 0.05) is 13.0 Å². The molecule has 2 unspecified atom stereocenters. The van der Waals surface area contributed by atoms with Crippen molar-refractivity contribution < 1.29 is 24.2 Å². The molecular weight excluding hydrogens is 274 g/mol. The number of benzene rings is 1. The summed E-state index contributed by atoms with van der Waals surface area (Å²) in [6.45, 7) is 1.70. The summed E-state index contributed by atoms with van der Waals surface area (Å²) in [7, 11) is 2.98. The van der Waals surface area contributed by atoms with Gasteiger partial charge in [0.15, 0.2) is 6.04 Å². The minimum absolute atomic E-state index is 0.0592. The highest BCUT2D eigenvalue weighted by Crippen LogP contribution is 2.14. The number of nitrogens with one attached hydrogen (secondary N) is 1. The van der Waals surface area contributed by atoms with Gasteiger partial charge in [-0.25, -0.2) is 4.79 Å². The fourth-order valence-electron chi connectivity index (χ4n) is 1.86. The minimum atomic E-state index is -1.11. The molecule has 1 aromatic carbocycles. The molecule has 0 aliphatic carbocycles. The van der Waals surface area contributed by atoms with Gasteiger partial charge in [-0.05, 0) is 24.1 Å². The summed E-state index contributed by atoms with van der Waals surface area (Å²) in [6.07, 6.45) is 0.523. The van der Waals surface area contributed by atoms with Crippen LogP contribution in [-0.2, 0) is 20.7 Å². The number of carbonyl (C=O) groups is 2. The number of carboxylic acid groups (broad SMARTS) is 1. The van der Waals surface area contributed by atoms with Crippen LogP contribution in [0.2, 0.25) is 0 Å². The van der Waals surface area contributed by atoms with Crippen LogP contribution < -0.4 is 10.1 Å². The van der Waals surface area contributed by atoms with E-state index in [0.717, 1.165) is 11.3 Å². The maximum atomic E-state index is 12.0. The van der Waals surface area contributed by atoms with Gasteiger partial charge in [0.25, 0.3) is 0 Å². The van der Waals surface area contributed by atoms with Gasteiger partial charge in [0.2, 0.25) is 5.91 Å². The molecule has 6 heteroatoms. The first kappa shape index (κ1) is 17.0. The highest BCUT2D eigenvalue weighted by atomic mass is 16.5. The zero-order valence-corrected chi connectivity index (χ0v) is 12.5. The van der Waals surface area contributed by atoms with Crippen molar-refractivity contribution >= 4 is 11.9 Å². The van der Waals surface area contributed by atoms with Gasteiger partial charge in [0.05, 0.1) is 13.7 Å². The standard InChI is InChI=1S/C15H21NO5/c1-10(8-11-4-6-12(21-3)7-5-11)14(17)16-13(9-20-2)15(18)19/h4-7,10,13H,8-9H2,1-3H3,(H,16,17)(H,18,19). The number of carbonyl (C=O) groups excluding carboxylic acids is 1. The van der Waals surface area contributed by atoms with E-state index in [1.807, 2.05) is 24.3 Å². The van der Waals surface area contributed by atoms with Gasteiger partial charge < -0.3 is 19.9 Å². The minimum Gasteiger partial charge on any atom is -0.497 e. The highest BCUT2D eigenvalue weighted by Gasteiger charge is 2.22. The average molecular weight is 295 g/mol. The molecule has 0 saturated carbocycles. The van der Waals surface area contributed by atoms with Crippen molar-refractivity contribution in [1.29, 1.82) is 0 Å². The summed E-state index contributed by atoms with van der Waals surface area (Å²) in [5, 5.41) is 11.4. The lowest BCUT2D eigenvalue weighted by Gasteiger charge is -2.17. The molecule has 0 spiro atoms. The van der Waals surface area contributed by atoms with Gasteiger partial charge in [-0.2, -0.15) is 0 Å². The topological polar surface area (TPSA) is 84.9 Å². The Morgan fingerprint density at radius 2 is 1.86 bits per heavy atom. The number of carboxylic acids is 1. The first-order chi connectivity index (χ1) is 9.97. The van der Waals surface area contributed by atoms with Gasteiger partial charge in [-0.15, -0.1) is 0 Å². The van der Waals surface area contributed by atoms with Crippen LogP contribution in [0.1, 0.15) is 12.5 Å². The van der Waals surface area contributed by atoms with Crippen molar-refractivity contribution in [2.75, 3.05) is 20.8 Å². The van der Waals surface area contributed by atoms with Crippen LogP contribution in [0.3, 0.4) is 0 Å². The van der Waals surface area contributed by atoms with E-state index in [1.165, 1.54) is 7.11 Å². The zero-order chi connectivity index (χ0) is 15.8.